The highest BCUT2D eigenvalue weighted by Crippen LogP contribution is 2.80. The van der Waals surface area contributed by atoms with Crippen molar-refractivity contribution in [1.82, 2.24) is 4.90 Å². The number of likely N-dealkylation sites (tertiary alicyclic amines) is 1. The highest BCUT2D eigenvalue weighted by atomic mass is 16.5. The molecule has 7 bridgehead atoms. The van der Waals surface area contributed by atoms with Gasteiger partial charge in [0.15, 0.2) is 0 Å². The van der Waals surface area contributed by atoms with Gasteiger partial charge >= 0.3 is 0 Å². The molecule has 5 N–H and O–H groups in total. The number of methoxy groups -OCH3 is 2. The van der Waals surface area contributed by atoms with Crippen LogP contribution in [-0.2, 0) is 9.47 Å². The minimum atomic E-state index is -1.68. The van der Waals surface area contributed by atoms with Gasteiger partial charge in [-0.15, -0.1) is 0 Å². The van der Waals surface area contributed by atoms with Crippen LogP contribution < -0.4 is 0 Å². The summed E-state index contributed by atoms with van der Waals surface area (Å²) in [7, 11) is 3.16. The third kappa shape index (κ3) is 1.89. The van der Waals surface area contributed by atoms with E-state index in [0.29, 0.717) is 32.4 Å². The van der Waals surface area contributed by atoms with Crippen LogP contribution in [0.25, 0.3) is 0 Å². The highest BCUT2D eigenvalue weighted by Gasteiger charge is 2.91. The van der Waals surface area contributed by atoms with Gasteiger partial charge in [0.05, 0.1) is 37.1 Å². The lowest BCUT2D eigenvalue weighted by Crippen LogP contribution is -2.81. The number of hydrogen-bond donors (Lipinski definition) is 5. The van der Waals surface area contributed by atoms with Crippen molar-refractivity contribution in [2.24, 2.45) is 34.5 Å². The molecule has 8 heteroatoms. The molecule has 6 rings (SSSR count). The molecule has 1 spiro atoms. The fourth-order valence-electron chi connectivity index (χ4n) is 10.4. The van der Waals surface area contributed by atoms with Gasteiger partial charge < -0.3 is 35.0 Å². The van der Waals surface area contributed by atoms with Crippen LogP contribution in [0.1, 0.15) is 32.6 Å². The van der Waals surface area contributed by atoms with Crippen molar-refractivity contribution in [2.75, 3.05) is 33.9 Å². The first kappa shape index (κ1) is 21.2. The van der Waals surface area contributed by atoms with Crippen LogP contribution in [0.5, 0.6) is 0 Å². The number of ether oxygens (including phenoxy) is 2. The second kappa shape index (κ2) is 6.21. The second-order valence-corrected chi connectivity index (χ2v) is 11.4. The fraction of sp³-hybridized carbons (Fsp3) is 1.00. The summed E-state index contributed by atoms with van der Waals surface area (Å²) in [5, 5.41) is 58.9. The average Bonchev–Trinajstić information content (AvgIpc) is 3.13. The average molecular weight is 440 g/mol. The van der Waals surface area contributed by atoms with Gasteiger partial charge in [0.2, 0.25) is 0 Å². The lowest BCUT2D eigenvalue weighted by molar-refractivity contribution is -0.317. The van der Waals surface area contributed by atoms with E-state index in [9.17, 15) is 25.5 Å². The molecule has 0 radical (unpaired) electrons. The zero-order valence-corrected chi connectivity index (χ0v) is 18.6. The molecule has 6 aliphatic rings. The van der Waals surface area contributed by atoms with Crippen molar-refractivity contribution in [3.63, 3.8) is 0 Å². The Kier molecular flexibility index (Phi) is 4.26. The monoisotopic (exact) mass is 439 g/mol. The summed E-state index contributed by atoms with van der Waals surface area (Å²) < 4.78 is 11.8. The van der Waals surface area contributed by atoms with Crippen LogP contribution in [0.3, 0.4) is 0 Å². The predicted molar refractivity (Wildman–Crippen MR) is 109 cm³/mol. The second-order valence-electron chi connectivity index (χ2n) is 11.4. The molecule has 176 valence electrons. The Morgan fingerprint density at radius 2 is 1.87 bits per heavy atom. The maximum Gasteiger partial charge on any atom is 0.136 e. The summed E-state index contributed by atoms with van der Waals surface area (Å²) in [6.45, 7) is 3.23. The van der Waals surface area contributed by atoms with Gasteiger partial charge in [0.25, 0.3) is 0 Å². The van der Waals surface area contributed by atoms with Crippen molar-refractivity contribution in [3.05, 3.63) is 0 Å². The lowest BCUT2D eigenvalue weighted by Gasteiger charge is -2.69. The van der Waals surface area contributed by atoms with E-state index in [2.05, 4.69) is 4.90 Å². The van der Waals surface area contributed by atoms with Crippen LogP contribution in [-0.4, -0.2) is 106 Å². The summed E-state index contributed by atoms with van der Waals surface area (Å²) in [4.78, 5) is 2.18. The summed E-state index contributed by atoms with van der Waals surface area (Å²) in [5.41, 5.74) is -4.55. The molecule has 5 aliphatic carbocycles. The van der Waals surface area contributed by atoms with Gasteiger partial charge in [-0.2, -0.15) is 0 Å². The summed E-state index contributed by atoms with van der Waals surface area (Å²) in [6.07, 6.45) is -0.520. The molecule has 5 saturated carbocycles. The lowest BCUT2D eigenvalue weighted by atomic mass is 9.42. The maximum atomic E-state index is 12.7. The first-order valence-electron chi connectivity index (χ1n) is 11.9. The minimum absolute atomic E-state index is 0.0478. The van der Waals surface area contributed by atoms with E-state index in [4.69, 9.17) is 9.47 Å². The number of nitrogens with zero attached hydrogens (tertiary/aromatic N) is 1. The number of aliphatic hydroxyl groups excluding tert-OH is 3. The van der Waals surface area contributed by atoms with E-state index < -0.39 is 52.3 Å². The number of likely N-dealkylation sites (N-methyl/N-ethyl adjacent to an activating group) is 1. The third-order valence-electron chi connectivity index (χ3n) is 11.1. The van der Waals surface area contributed by atoms with Gasteiger partial charge in [-0.1, -0.05) is 6.92 Å². The maximum absolute atomic E-state index is 12.7. The normalized spacial score (nSPS) is 64.1. The van der Waals surface area contributed by atoms with Crippen LogP contribution in [0.15, 0.2) is 0 Å². The van der Waals surface area contributed by atoms with E-state index in [1.165, 1.54) is 0 Å². The molecule has 0 aromatic carbocycles. The molecular formula is C23H37NO7. The first-order valence-corrected chi connectivity index (χ1v) is 11.9. The largest absolute Gasteiger partial charge is 0.396 e. The Morgan fingerprint density at radius 3 is 2.48 bits per heavy atom. The Balaban J connectivity index is 1.68. The van der Waals surface area contributed by atoms with Crippen molar-refractivity contribution in [1.29, 1.82) is 0 Å². The highest BCUT2D eigenvalue weighted by molar-refractivity contribution is 5.41. The molecule has 0 amide bonds. The topological polar surface area (TPSA) is 123 Å². The van der Waals surface area contributed by atoms with Crippen LogP contribution in [0.2, 0.25) is 0 Å². The number of rotatable bonds is 4. The summed E-state index contributed by atoms with van der Waals surface area (Å²) in [5.74, 6) is -1.15. The number of piperidine rings is 1. The molecule has 0 unspecified atom stereocenters. The third-order valence-corrected chi connectivity index (χ3v) is 11.1. The van der Waals surface area contributed by atoms with Crippen molar-refractivity contribution in [2.45, 2.75) is 74.3 Å². The number of hydrogen-bond acceptors (Lipinski definition) is 8. The van der Waals surface area contributed by atoms with Crippen molar-refractivity contribution in [3.8, 4) is 0 Å². The number of fused-ring (bicyclic) bond motifs is 2. The molecule has 31 heavy (non-hydrogen) atoms. The van der Waals surface area contributed by atoms with Crippen LogP contribution in [0.4, 0.5) is 0 Å². The quantitative estimate of drug-likeness (QED) is 0.377. The van der Waals surface area contributed by atoms with E-state index in [-0.39, 0.29) is 36.9 Å². The summed E-state index contributed by atoms with van der Waals surface area (Å²) >= 11 is 0. The number of aliphatic hydroxyl groups is 5. The van der Waals surface area contributed by atoms with Gasteiger partial charge in [-0.3, -0.25) is 4.90 Å². The standard InChI is InChI=1S/C23H37NO7/c1-4-24-9-20(10-25)6-5-14(26)22-12-7-11-13(30-2)8-21(28,15(12)16(11)27)23(29,19(22)24)18(31-3)17(20)22/h11-19,25-29H,4-10H2,1-3H3/t11-,12-,13+,14+,15-,16-,17-,18-,19+,20+,21-,22+,23-/m1/s1. The van der Waals surface area contributed by atoms with E-state index >= 15 is 0 Å². The van der Waals surface area contributed by atoms with Crippen molar-refractivity contribution < 1.29 is 35.0 Å². The van der Waals surface area contributed by atoms with E-state index in [1.807, 2.05) is 6.92 Å². The molecule has 1 aliphatic heterocycles. The smallest absolute Gasteiger partial charge is 0.136 e. The molecule has 13 atom stereocenters. The van der Waals surface area contributed by atoms with Gasteiger partial charge in [-0.05, 0) is 31.7 Å². The molecule has 1 heterocycles. The van der Waals surface area contributed by atoms with Gasteiger partial charge in [-0.25, -0.2) is 0 Å². The van der Waals surface area contributed by atoms with Crippen molar-refractivity contribution >= 4 is 0 Å². The van der Waals surface area contributed by atoms with E-state index in [0.717, 1.165) is 0 Å². The Bertz CT molecular complexity index is 783. The predicted octanol–water partition coefficient (Wildman–Crippen LogP) is -1.04. The SMILES string of the molecule is CCN1C[C@]2(CO)CC[C@H](O)[C@@]34[C@@H]5C[C@H]6[C@@H](O)[C@@H]5[C@](O)(C[C@@H]6OC)[C@@](O)([C@H](OC)[C@H]23)[C@@H]14. The van der Waals surface area contributed by atoms with Crippen LogP contribution in [0, 0.1) is 34.5 Å². The van der Waals surface area contributed by atoms with E-state index in [1.54, 1.807) is 14.2 Å². The summed E-state index contributed by atoms with van der Waals surface area (Å²) in [6, 6.07) is -0.497. The minimum Gasteiger partial charge on any atom is -0.396 e. The Hall–Kier alpha value is -0.320. The van der Waals surface area contributed by atoms with Crippen LogP contribution >= 0.6 is 0 Å². The fourth-order valence-corrected chi connectivity index (χ4v) is 10.4. The zero-order valence-electron chi connectivity index (χ0n) is 18.6. The van der Waals surface area contributed by atoms with Gasteiger partial charge in [0, 0.05) is 55.8 Å². The Morgan fingerprint density at radius 1 is 1.13 bits per heavy atom. The molecule has 0 aromatic rings. The van der Waals surface area contributed by atoms with Gasteiger partial charge in [0.1, 0.15) is 11.2 Å². The zero-order chi connectivity index (χ0) is 22.1. The Labute approximate surface area is 183 Å². The first-order chi connectivity index (χ1) is 14.7. The molecular weight excluding hydrogens is 402 g/mol. The molecule has 0 aromatic heterocycles. The molecule has 6 fully saturated rings. The molecule has 8 nitrogen and oxygen atoms in total. The molecule has 1 saturated heterocycles.